The number of nitrogens with one attached hydrogen (secondary N) is 1. The fraction of sp³-hybridized carbons (Fsp3) is 0.400. The van der Waals surface area contributed by atoms with Gasteiger partial charge in [0, 0.05) is 12.6 Å². The van der Waals surface area contributed by atoms with Crippen molar-refractivity contribution in [2.45, 2.75) is 26.3 Å². The van der Waals surface area contributed by atoms with E-state index < -0.39 is 0 Å². The second-order valence-electron chi connectivity index (χ2n) is 2.90. The van der Waals surface area contributed by atoms with Gasteiger partial charge in [-0.05, 0) is 19.1 Å². The highest BCUT2D eigenvalue weighted by Crippen LogP contribution is 2.07. The summed E-state index contributed by atoms with van der Waals surface area (Å²) >= 11 is 0. The van der Waals surface area contributed by atoms with Gasteiger partial charge in [0.05, 0.1) is 11.7 Å². The van der Waals surface area contributed by atoms with Crippen molar-refractivity contribution in [3.63, 3.8) is 0 Å². The van der Waals surface area contributed by atoms with E-state index >= 15 is 0 Å². The average Bonchev–Trinajstić information content (AvgIpc) is 2.19. The molecule has 0 radical (unpaired) electrons. The molecule has 0 saturated heterocycles. The molecule has 1 aromatic heterocycles. The van der Waals surface area contributed by atoms with Gasteiger partial charge in [0.15, 0.2) is 0 Å². The van der Waals surface area contributed by atoms with Crippen LogP contribution in [0, 0.1) is 0 Å². The highest BCUT2D eigenvalue weighted by atomic mass is 16.1. The summed E-state index contributed by atoms with van der Waals surface area (Å²) in [7, 11) is 0. The van der Waals surface area contributed by atoms with Crippen LogP contribution in [0.1, 0.15) is 32.0 Å². The molecule has 0 bridgehead atoms. The van der Waals surface area contributed by atoms with Crippen molar-refractivity contribution in [3.05, 3.63) is 30.1 Å². The van der Waals surface area contributed by atoms with Gasteiger partial charge < -0.3 is 5.32 Å². The Hall–Kier alpha value is -1.38. The quantitative estimate of drug-likeness (QED) is 0.765. The Labute approximate surface area is 78.2 Å². The lowest BCUT2D eigenvalue weighted by Crippen LogP contribution is -2.26. The molecule has 1 heterocycles. The number of carbonyl (C=O) groups is 1. The van der Waals surface area contributed by atoms with Crippen LogP contribution in [0.5, 0.6) is 0 Å². The van der Waals surface area contributed by atoms with Crippen LogP contribution in [-0.2, 0) is 4.79 Å². The monoisotopic (exact) mass is 178 g/mol. The van der Waals surface area contributed by atoms with Gasteiger partial charge in [0.2, 0.25) is 5.91 Å². The van der Waals surface area contributed by atoms with E-state index in [1.54, 1.807) is 6.20 Å². The molecule has 1 aromatic rings. The number of aromatic nitrogens is 1. The third kappa shape index (κ3) is 2.86. The lowest BCUT2D eigenvalue weighted by Gasteiger charge is -2.11. The molecule has 1 amide bonds. The summed E-state index contributed by atoms with van der Waals surface area (Å²) in [6.07, 6.45) is 2.24. The summed E-state index contributed by atoms with van der Waals surface area (Å²) in [5.74, 6) is 0.0538. The summed E-state index contributed by atoms with van der Waals surface area (Å²) in [6.45, 7) is 3.76. The van der Waals surface area contributed by atoms with Crippen LogP contribution in [-0.4, -0.2) is 10.9 Å². The summed E-state index contributed by atoms with van der Waals surface area (Å²) in [5, 5.41) is 2.84. The molecule has 0 unspecified atom stereocenters. The predicted octanol–water partition coefficient (Wildman–Crippen LogP) is 1.67. The smallest absolute Gasteiger partial charge is 0.220 e. The van der Waals surface area contributed by atoms with Crippen LogP contribution in [0.2, 0.25) is 0 Å². The maximum absolute atomic E-state index is 11.1. The summed E-state index contributed by atoms with van der Waals surface area (Å²) in [6, 6.07) is 5.67. The Balaban J connectivity index is 2.59. The van der Waals surface area contributed by atoms with Crippen LogP contribution < -0.4 is 5.32 Å². The lowest BCUT2D eigenvalue weighted by molar-refractivity contribution is -0.121. The molecule has 3 heteroatoms. The molecule has 0 aromatic carbocycles. The number of amides is 1. The number of nitrogens with zero attached hydrogens (tertiary/aromatic N) is 1. The van der Waals surface area contributed by atoms with Crippen LogP contribution >= 0.6 is 0 Å². The molecule has 1 rings (SSSR count). The Bertz CT molecular complexity index is 272. The molecule has 13 heavy (non-hydrogen) atoms. The number of hydrogen-bond acceptors (Lipinski definition) is 2. The van der Waals surface area contributed by atoms with Crippen molar-refractivity contribution in [1.82, 2.24) is 10.3 Å². The first-order valence-electron chi connectivity index (χ1n) is 4.44. The van der Waals surface area contributed by atoms with Gasteiger partial charge in [-0.1, -0.05) is 13.0 Å². The second kappa shape index (κ2) is 4.60. The highest BCUT2D eigenvalue weighted by molar-refractivity contribution is 5.75. The molecule has 0 fully saturated rings. The topological polar surface area (TPSA) is 42.0 Å². The minimum absolute atomic E-state index is 0.00588. The molecule has 0 aliphatic heterocycles. The van der Waals surface area contributed by atoms with E-state index in [9.17, 15) is 4.79 Å². The summed E-state index contributed by atoms with van der Waals surface area (Å²) < 4.78 is 0. The van der Waals surface area contributed by atoms with Crippen molar-refractivity contribution in [3.8, 4) is 0 Å². The zero-order valence-electron chi connectivity index (χ0n) is 7.95. The minimum atomic E-state index is -0.00588. The molecule has 70 valence electrons. The summed E-state index contributed by atoms with van der Waals surface area (Å²) in [5.41, 5.74) is 0.893. The van der Waals surface area contributed by atoms with Gasteiger partial charge in [-0.2, -0.15) is 0 Å². The number of rotatable bonds is 3. The fourth-order valence-corrected chi connectivity index (χ4v) is 1.05. The average molecular weight is 178 g/mol. The summed E-state index contributed by atoms with van der Waals surface area (Å²) in [4.78, 5) is 15.2. The van der Waals surface area contributed by atoms with Crippen LogP contribution in [0.3, 0.4) is 0 Å². The molecule has 1 atom stereocenters. The van der Waals surface area contributed by atoms with E-state index in [4.69, 9.17) is 0 Å². The van der Waals surface area contributed by atoms with E-state index in [0.29, 0.717) is 6.42 Å². The van der Waals surface area contributed by atoms with Crippen molar-refractivity contribution in [1.29, 1.82) is 0 Å². The van der Waals surface area contributed by atoms with Crippen molar-refractivity contribution >= 4 is 5.91 Å². The predicted molar refractivity (Wildman–Crippen MR) is 51.1 cm³/mol. The van der Waals surface area contributed by atoms with E-state index in [-0.39, 0.29) is 11.9 Å². The highest BCUT2D eigenvalue weighted by Gasteiger charge is 2.07. The maximum atomic E-state index is 11.1. The van der Waals surface area contributed by atoms with Crippen molar-refractivity contribution in [2.75, 3.05) is 0 Å². The van der Waals surface area contributed by atoms with E-state index in [0.717, 1.165) is 5.69 Å². The first-order valence-corrected chi connectivity index (χ1v) is 4.44. The fourth-order valence-electron chi connectivity index (χ4n) is 1.05. The normalized spacial score (nSPS) is 12.2. The van der Waals surface area contributed by atoms with Gasteiger partial charge in [0.1, 0.15) is 0 Å². The van der Waals surface area contributed by atoms with Gasteiger partial charge in [0.25, 0.3) is 0 Å². The van der Waals surface area contributed by atoms with Gasteiger partial charge in [-0.15, -0.1) is 0 Å². The molecule has 0 aliphatic rings. The molecule has 0 saturated carbocycles. The molecular formula is C10H14N2O. The minimum Gasteiger partial charge on any atom is -0.348 e. The molecular weight excluding hydrogens is 164 g/mol. The molecule has 0 spiro atoms. The second-order valence-corrected chi connectivity index (χ2v) is 2.90. The van der Waals surface area contributed by atoms with E-state index in [1.165, 1.54) is 0 Å². The third-order valence-corrected chi connectivity index (χ3v) is 1.83. The van der Waals surface area contributed by atoms with Crippen LogP contribution in [0.4, 0.5) is 0 Å². The Kier molecular flexibility index (Phi) is 3.43. The number of pyridine rings is 1. The zero-order chi connectivity index (χ0) is 9.68. The molecule has 3 nitrogen and oxygen atoms in total. The van der Waals surface area contributed by atoms with Gasteiger partial charge in [-0.3, -0.25) is 9.78 Å². The van der Waals surface area contributed by atoms with Crippen molar-refractivity contribution < 1.29 is 4.79 Å². The number of carbonyl (C=O) groups excluding carboxylic acids is 1. The first kappa shape index (κ1) is 9.71. The zero-order valence-corrected chi connectivity index (χ0v) is 7.95. The van der Waals surface area contributed by atoms with Crippen LogP contribution in [0.15, 0.2) is 24.4 Å². The lowest BCUT2D eigenvalue weighted by atomic mass is 10.2. The largest absolute Gasteiger partial charge is 0.348 e. The molecule has 1 N–H and O–H groups in total. The number of hydrogen-bond donors (Lipinski definition) is 1. The Morgan fingerprint density at radius 1 is 1.62 bits per heavy atom. The standard InChI is InChI=1S/C10H14N2O/c1-3-10(13)12-8(2)9-6-4-5-7-11-9/h4-8H,3H2,1-2H3,(H,12,13)/t8-/m1/s1. The van der Waals surface area contributed by atoms with E-state index in [2.05, 4.69) is 10.3 Å². The van der Waals surface area contributed by atoms with Crippen LogP contribution in [0.25, 0.3) is 0 Å². The Morgan fingerprint density at radius 3 is 2.92 bits per heavy atom. The SMILES string of the molecule is CCC(=O)N[C@H](C)c1ccccn1. The van der Waals surface area contributed by atoms with Gasteiger partial charge in [-0.25, -0.2) is 0 Å². The first-order chi connectivity index (χ1) is 6.24. The Morgan fingerprint density at radius 2 is 2.38 bits per heavy atom. The molecule has 0 aliphatic carbocycles. The maximum Gasteiger partial charge on any atom is 0.220 e. The van der Waals surface area contributed by atoms with E-state index in [1.807, 2.05) is 32.0 Å². The van der Waals surface area contributed by atoms with Gasteiger partial charge >= 0.3 is 0 Å². The third-order valence-electron chi connectivity index (χ3n) is 1.83. The van der Waals surface area contributed by atoms with Crippen molar-refractivity contribution in [2.24, 2.45) is 0 Å².